The Kier molecular flexibility index (Phi) is 3.05. The van der Waals surface area contributed by atoms with E-state index in [1.807, 2.05) is 6.07 Å². The Hall–Kier alpha value is -1.23. The van der Waals surface area contributed by atoms with Gasteiger partial charge in [0, 0.05) is 6.04 Å². The highest BCUT2D eigenvalue weighted by molar-refractivity contribution is 7.18. The summed E-state index contributed by atoms with van der Waals surface area (Å²) >= 11 is 1.37. The molecule has 1 saturated carbocycles. The van der Waals surface area contributed by atoms with Crippen molar-refractivity contribution < 1.29 is 9.53 Å². The summed E-state index contributed by atoms with van der Waals surface area (Å²) in [6.07, 6.45) is 1.19. The predicted molar refractivity (Wildman–Crippen MR) is 65.9 cm³/mol. The van der Waals surface area contributed by atoms with Crippen LogP contribution in [0.4, 0.5) is 10.7 Å². The van der Waals surface area contributed by atoms with Gasteiger partial charge in [0.1, 0.15) is 4.88 Å². The molecule has 0 amide bonds. The van der Waals surface area contributed by atoms with E-state index in [-0.39, 0.29) is 5.97 Å². The fourth-order valence-corrected chi connectivity index (χ4v) is 2.47. The number of thiophene rings is 1. The van der Waals surface area contributed by atoms with Gasteiger partial charge in [0.15, 0.2) is 0 Å². The molecule has 0 bridgehead atoms. The van der Waals surface area contributed by atoms with Crippen LogP contribution in [-0.4, -0.2) is 18.6 Å². The summed E-state index contributed by atoms with van der Waals surface area (Å²) in [5.74, 6) is 0.385. The van der Waals surface area contributed by atoms with Crippen molar-refractivity contribution in [2.75, 3.05) is 17.7 Å². The normalized spacial score (nSPS) is 22.9. The van der Waals surface area contributed by atoms with Crippen molar-refractivity contribution in [1.29, 1.82) is 0 Å². The molecular weight excluding hydrogens is 224 g/mol. The molecular formula is C11H16N2O2S. The lowest BCUT2D eigenvalue weighted by molar-refractivity contribution is 0.0533. The van der Waals surface area contributed by atoms with Crippen molar-refractivity contribution >= 4 is 28.0 Å². The Morgan fingerprint density at radius 2 is 2.44 bits per heavy atom. The van der Waals surface area contributed by atoms with Crippen LogP contribution in [0.1, 0.15) is 29.9 Å². The number of hydrogen-bond donors (Lipinski definition) is 2. The first-order chi connectivity index (χ1) is 7.61. The number of nitrogens with two attached hydrogens (primary N) is 1. The number of hydrogen-bond acceptors (Lipinski definition) is 5. The summed E-state index contributed by atoms with van der Waals surface area (Å²) < 4.78 is 4.93. The molecule has 5 heteroatoms. The molecule has 16 heavy (non-hydrogen) atoms. The molecule has 2 atom stereocenters. The molecule has 1 aliphatic carbocycles. The van der Waals surface area contributed by atoms with Gasteiger partial charge in [0.05, 0.1) is 17.3 Å². The monoisotopic (exact) mass is 240 g/mol. The quantitative estimate of drug-likeness (QED) is 0.793. The number of carbonyl (C=O) groups is 1. The number of rotatable bonds is 4. The molecule has 2 rings (SSSR count). The maximum absolute atomic E-state index is 11.5. The average Bonchev–Trinajstić information content (AvgIpc) is 2.75. The molecule has 0 aromatic carbocycles. The first-order valence-corrected chi connectivity index (χ1v) is 6.26. The minimum absolute atomic E-state index is 0.332. The minimum atomic E-state index is -0.332. The molecule has 2 unspecified atom stereocenters. The van der Waals surface area contributed by atoms with Crippen LogP contribution < -0.4 is 11.1 Å². The first-order valence-electron chi connectivity index (χ1n) is 5.44. The second-order valence-corrected chi connectivity index (χ2v) is 5.13. The van der Waals surface area contributed by atoms with Crippen LogP contribution in [-0.2, 0) is 4.74 Å². The second kappa shape index (κ2) is 4.33. The van der Waals surface area contributed by atoms with Gasteiger partial charge in [-0.25, -0.2) is 4.79 Å². The molecule has 1 fully saturated rings. The minimum Gasteiger partial charge on any atom is -0.462 e. The number of carbonyl (C=O) groups excluding carboxylic acids is 1. The van der Waals surface area contributed by atoms with E-state index in [0.29, 0.717) is 23.2 Å². The molecule has 1 aromatic rings. The second-order valence-electron chi connectivity index (χ2n) is 4.08. The van der Waals surface area contributed by atoms with E-state index >= 15 is 0 Å². The summed E-state index contributed by atoms with van der Waals surface area (Å²) in [6, 6.07) is 2.34. The zero-order valence-electron chi connectivity index (χ0n) is 9.45. The van der Waals surface area contributed by atoms with Gasteiger partial charge in [0.25, 0.3) is 0 Å². The van der Waals surface area contributed by atoms with Crippen LogP contribution in [0, 0.1) is 5.92 Å². The number of ether oxygens (including phenoxy) is 1. The van der Waals surface area contributed by atoms with E-state index in [9.17, 15) is 4.79 Å². The van der Waals surface area contributed by atoms with E-state index in [2.05, 4.69) is 12.2 Å². The number of nitrogen functional groups attached to an aromatic ring is 1. The largest absolute Gasteiger partial charge is 0.462 e. The van der Waals surface area contributed by atoms with Crippen molar-refractivity contribution in [2.24, 2.45) is 5.92 Å². The highest BCUT2D eigenvalue weighted by Crippen LogP contribution is 2.37. The lowest BCUT2D eigenvalue weighted by Crippen LogP contribution is -2.04. The topological polar surface area (TPSA) is 64.3 Å². The lowest BCUT2D eigenvalue weighted by Gasteiger charge is -1.99. The van der Waals surface area contributed by atoms with Crippen molar-refractivity contribution in [3.8, 4) is 0 Å². The lowest BCUT2D eigenvalue weighted by atomic mass is 10.4. The van der Waals surface area contributed by atoms with Gasteiger partial charge >= 0.3 is 5.97 Å². The Labute approximate surface area is 98.8 Å². The van der Waals surface area contributed by atoms with Gasteiger partial charge < -0.3 is 15.8 Å². The molecule has 0 saturated heterocycles. The SMILES string of the molecule is CCOC(=O)c1sc(NC2CC2C)cc1N. The molecule has 88 valence electrons. The molecule has 0 spiro atoms. The van der Waals surface area contributed by atoms with Crippen molar-refractivity contribution in [1.82, 2.24) is 0 Å². The maximum atomic E-state index is 11.5. The van der Waals surface area contributed by atoms with E-state index in [1.165, 1.54) is 17.8 Å². The molecule has 0 radical (unpaired) electrons. The maximum Gasteiger partial charge on any atom is 0.350 e. The van der Waals surface area contributed by atoms with Crippen LogP contribution >= 0.6 is 11.3 Å². The Morgan fingerprint density at radius 3 is 3.00 bits per heavy atom. The average molecular weight is 240 g/mol. The summed E-state index contributed by atoms with van der Waals surface area (Å²) in [5, 5.41) is 4.31. The van der Waals surface area contributed by atoms with Gasteiger partial charge in [-0.1, -0.05) is 6.92 Å². The third kappa shape index (κ3) is 2.29. The number of nitrogens with one attached hydrogen (secondary N) is 1. The van der Waals surface area contributed by atoms with E-state index in [4.69, 9.17) is 10.5 Å². The molecule has 1 aromatic heterocycles. The van der Waals surface area contributed by atoms with Gasteiger partial charge in [-0.05, 0) is 25.3 Å². The van der Waals surface area contributed by atoms with Crippen LogP contribution in [0.15, 0.2) is 6.07 Å². The summed E-state index contributed by atoms with van der Waals surface area (Å²) in [4.78, 5) is 12.0. The smallest absolute Gasteiger partial charge is 0.350 e. The van der Waals surface area contributed by atoms with Gasteiger partial charge in [-0.2, -0.15) is 0 Å². The standard InChI is InChI=1S/C11H16N2O2S/c1-3-15-11(14)10-7(12)5-9(16-10)13-8-4-6(8)2/h5-6,8,13H,3-4,12H2,1-2H3. The molecule has 4 nitrogen and oxygen atoms in total. The van der Waals surface area contributed by atoms with Crippen LogP contribution in [0.5, 0.6) is 0 Å². The highest BCUT2D eigenvalue weighted by Gasteiger charge is 2.33. The zero-order valence-corrected chi connectivity index (χ0v) is 10.3. The first kappa shape index (κ1) is 11.3. The van der Waals surface area contributed by atoms with E-state index in [1.54, 1.807) is 6.92 Å². The number of esters is 1. The Bertz CT molecular complexity index is 403. The third-order valence-electron chi connectivity index (χ3n) is 2.66. The number of anilines is 2. The Balaban J connectivity index is 2.06. The van der Waals surface area contributed by atoms with Crippen molar-refractivity contribution in [3.63, 3.8) is 0 Å². The zero-order chi connectivity index (χ0) is 11.7. The van der Waals surface area contributed by atoms with Gasteiger partial charge in [-0.15, -0.1) is 11.3 Å². The Morgan fingerprint density at radius 1 is 1.75 bits per heavy atom. The highest BCUT2D eigenvalue weighted by atomic mass is 32.1. The van der Waals surface area contributed by atoms with E-state index in [0.717, 1.165) is 10.9 Å². The summed E-state index contributed by atoms with van der Waals surface area (Å²) in [6.45, 7) is 4.35. The van der Waals surface area contributed by atoms with Crippen LogP contribution in [0.3, 0.4) is 0 Å². The van der Waals surface area contributed by atoms with Crippen LogP contribution in [0.25, 0.3) is 0 Å². The molecule has 1 aliphatic rings. The van der Waals surface area contributed by atoms with Gasteiger partial charge in [0.2, 0.25) is 0 Å². The van der Waals surface area contributed by atoms with Gasteiger partial charge in [-0.3, -0.25) is 0 Å². The summed E-state index contributed by atoms with van der Waals surface area (Å²) in [7, 11) is 0. The molecule has 3 N–H and O–H groups in total. The molecule has 1 heterocycles. The van der Waals surface area contributed by atoms with E-state index < -0.39 is 0 Å². The third-order valence-corrected chi connectivity index (χ3v) is 3.72. The van der Waals surface area contributed by atoms with Crippen LogP contribution in [0.2, 0.25) is 0 Å². The molecule has 0 aliphatic heterocycles. The van der Waals surface area contributed by atoms with Crippen molar-refractivity contribution in [3.05, 3.63) is 10.9 Å². The summed E-state index contributed by atoms with van der Waals surface area (Å²) in [5.41, 5.74) is 6.27. The fraction of sp³-hybridized carbons (Fsp3) is 0.545. The predicted octanol–water partition coefficient (Wildman–Crippen LogP) is 2.33. The van der Waals surface area contributed by atoms with Crippen molar-refractivity contribution in [2.45, 2.75) is 26.3 Å². The fourth-order valence-electron chi connectivity index (χ4n) is 1.54.